The summed E-state index contributed by atoms with van der Waals surface area (Å²) in [6.07, 6.45) is 76.3. The number of carbonyl (C=O) groups is 3. The van der Waals surface area contributed by atoms with Crippen molar-refractivity contribution in [1.29, 1.82) is 0 Å². The van der Waals surface area contributed by atoms with Crippen molar-refractivity contribution in [2.24, 2.45) is 0 Å². The third-order valence-electron chi connectivity index (χ3n) is 16.1. The molecule has 0 aliphatic carbocycles. The van der Waals surface area contributed by atoms with Gasteiger partial charge in [0, 0.05) is 19.3 Å². The van der Waals surface area contributed by atoms with Crippen molar-refractivity contribution in [3.8, 4) is 0 Å². The summed E-state index contributed by atoms with van der Waals surface area (Å²) in [4.78, 5) is 38.0. The molecule has 6 heteroatoms. The molecular formula is C69H134O6. The monoisotopic (exact) mass is 1060 g/mol. The van der Waals surface area contributed by atoms with Gasteiger partial charge in [-0.25, -0.2) is 0 Å². The lowest BCUT2D eigenvalue weighted by molar-refractivity contribution is -0.167. The van der Waals surface area contributed by atoms with Crippen LogP contribution < -0.4 is 0 Å². The Morgan fingerprint density at radius 3 is 0.533 bits per heavy atom. The molecule has 0 radical (unpaired) electrons. The molecule has 0 aliphatic rings. The molecule has 0 saturated carbocycles. The van der Waals surface area contributed by atoms with Crippen LogP contribution in [-0.4, -0.2) is 37.2 Å². The normalized spacial score (nSPS) is 11.9. The van der Waals surface area contributed by atoms with E-state index in [1.165, 1.54) is 302 Å². The van der Waals surface area contributed by atoms with Crippen LogP contribution in [0.3, 0.4) is 0 Å². The van der Waals surface area contributed by atoms with E-state index in [1.54, 1.807) is 0 Å². The zero-order valence-electron chi connectivity index (χ0n) is 51.4. The number of carbonyl (C=O) groups excluding carboxylic acids is 3. The van der Waals surface area contributed by atoms with E-state index in [2.05, 4.69) is 20.8 Å². The first-order valence-corrected chi connectivity index (χ1v) is 34.5. The van der Waals surface area contributed by atoms with Gasteiger partial charge in [-0.2, -0.15) is 0 Å². The summed E-state index contributed by atoms with van der Waals surface area (Å²) in [7, 11) is 0. The first kappa shape index (κ1) is 73.4. The van der Waals surface area contributed by atoms with E-state index < -0.39 is 6.10 Å². The van der Waals surface area contributed by atoms with Crippen molar-refractivity contribution in [2.75, 3.05) is 13.2 Å². The maximum absolute atomic E-state index is 12.8. The third kappa shape index (κ3) is 63.1. The molecular weight excluding hydrogens is 925 g/mol. The summed E-state index contributed by atoms with van der Waals surface area (Å²) in [6.45, 7) is 6.65. The average Bonchev–Trinajstić information content (AvgIpc) is 3.41. The summed E-state index contributed by atoms with van der Waals surface area (Å²) in [5.74, 6) is -0.844. The van der Waals surface area contributed by atoms with Crippen molar-refractivity contribution in [3.63, 3.8) is 0 Å². The van der Waals surface area contributed by atoms with Gasteiger partial charge >= 0.3 is 17.9 Å². The minimum atomic E-state index is -0.761. The SMILES string of the molecule is CCCCCCCCCCCCCCCCCCCCCCCCCCCCCCCCC(=O)OCC(COC(=O)CCCCCCC)OC(=O)CCCCCCCCCCCCCCCCCCCCCCCC. The second kappa shape index (κ2) is 64.9. The molecule has 0 aliphatic heterocycles. The predicted molar refractivity (Wildman–Crippen MR) is 326 cm³/mol. The van der Waals surface area contributed by atoms with Crippen LogP contribution in [0.4, 0.5) is 0 Å². The summed E-state index contributed by atoms with van der Waals surface area (Å²) < 4.78 is 16.8. The van der Waals surface area contributed by atoms with Gasteiger partial charge < -0.3 is 14.2 Å². The Balaban J connectivity index is 3.89. The van der Waals surface area contributed by atoms with Crippen molar-refractivity contribution >= 4 is 17.9 Å². The maximum Gasteiger partial charge on any atom is 0.306 e. The lowest BCUT2D eigenvalue weighted by Gasteiger charge is -2.18. The summed E-state index contributed by atoms with van der Waals surface area (Å²) in [5, 5.41) is 0. The van der Waals surface area contributed by atoms with Crippen molar-refractivity contribution in [2.45, 2.75) is 412 Å². The number of hydrogen-bond acceptors (Lipinski definition) is 6. The van der Waals surface area contributed by atoms with Crippen LogP contribution in [0.5, 0.6) is 0 Å². The molecule has 0 rings (SSSR count). The smallest absolute Gasteiger partial charge is 0.306 e. The topological polar surface area (TPSA) is 78.9 Å². The minimum Gasteiger partial charge on any atom is -0.462 e. The number of esters is 3. The zero-order valence-corrected chi connectivity index (χ0v) is 51.4. The molecule has 0 heterocycles. The van der Waals surface area contributed by atoms with Gasteiger partial charge in [0.05, 0.1) is 0 Å². The quantitative estimate of drug-likeness (QED) is 0.0343. The average molecular weight is 1060 g/mol. The van der Waals surface area contributed by atoms with Crippen LogP contribution in [0.15, 0.2) is 0 Å². The molecule has 6 nitrogen and oxygen atoms in total. The van der Waals surface area contributed by atoms with Crippen LogP contribution in [0.2, 0.25) is 0 Å². The molecule has 1 atom stereocenters. The van der Waals surface area contributed by atoms with Gasteiger partial charge in [-0.3, -0.25) is 14.4 Å². The van der Waals surface area contributed by atoms with E-state index in [1.807, 2.05) is 0 Å². The standard InChI is InChI=1S/C69H134O6/c1-4-7-10-13-15-17-19-21-23-25-27-29-31-32-33-34-35-36-37-38-40-41-43-45-47-49-51-53-56-59-62-68(71)74-65-66(64-73-67(70)61-58-55-12-9-6-3)75-69(72)63-60-57-54-52-50-48-46-44-42-39-30-28-26-24-22-20-18-16-14-11-8-5-2/h66H,4-65H2,1-3H3. The molecule has 0 N–H and O–H groups in total. The molecule has 0 aromatic carbocycles. The molecule has 0 aromatic heterocycles. The highest BCUT2D eigenvalue weighted by Gasteiger charge is 2.19. The third-order valence-corrected chi connectivity index (χ3v) is 16.1. The van der Waals surface area contributed by atoms with Gasteiger partial charge in [-0.05, 0) is 19.3 Å². The fourth-order valence-electron chi connectivity index (χ4n) is 10.9. The van der Waals surface area contributed by atoms with Crippen LogP contribution in [0.1, 0.15) is 406 Å². The van der Waals surface area contributed by atoms with Gasteiger partial charge in [0.1, 0.15) is 13.2 Å². The lowest BCUT2D eigenvalue weighted by Crippen LogP contribution is -2.30. The largest absolute Gasteiger partial charge is 0.462 e. The summed E-state index contributed by atoms with van der Waals surface area (Å²) >= 11 is 0. The number of rotatable bonds is 65. The van der Waals surface area contributed by atoms with Gasteiger partial charge in [0.2, 0.25) is 0 Å². The first-order chi connectivity index (χ1) is 37.0. The second-order valence-corrected chi connectivity index (χ2v) is 23.8. The maximum atomic E-state index is 12.8. The predicted octanol–water partition coefficient (Wildman–Crippen LogP) is 23.5. The Labute approximate surface area is 469 Å². The molecule has 446 valence electrons. The van der Waals surface area contributed by atoms with Gasteiger partial charge in [0.25, 0.3) is 0 Å². The summed E-state index contributed by atoms with van der Waals surface area (Å²) in [5.41, 5.74) is 0. The van der Waals surface area contributed by atoms with Gasteiger partial charge in [-0.15, -0.1) is 0 Å². The van der Waals surface area contributed by atoms with Crippen LogP contribution in [-0.2, 0) is 28.6 Å². The number of ether oxygens (including phenoxy) is 3. The minimum absolute atomic E-state index is 0.0622. The fourth-order valence-corrected chi connectivity index (χ4v) is 10.9. The fraction of sp³-hybridized carbons (Fsp3) is 0.957. The van der Waals surface area contributed by atoms with E-state index in [0.717, 1.165) is 64.2 Å². The second-order valence-electron chi connectivity index (χ2n) is 23.8. The Hall–Kier alpha value is -1.59. The molecule has 0 fully saturated rings. The van der Waals surface area contributed by atoms with Crippen LogP contribution in [0.25, 0.3) is 0 Å². The Morgan fingerprint density at radius 2 is 0.360 bits per heavy atom. The highest BCUT2D eigenvalue weighted by molar-refractivity contribution is 5.71. The Morgan fingerprint density at radius 1 is 0.213 bits per heavy atom. The van der Waals surface area contributed by atoms with E-state index >= 15 is 0 Å². The van der Waals surface area contributed by atoms with E-state index in [4.69, 9.17) is 14.2 Å². The van der Waals surface area contributed by atoms with E-state index in [0.29, 0.717) is 19.3 Å². The van der Waals surface area contributed by atoms with Crippen LogP contribution >= 0.6 is 0 Å². The molecule has 0 saturated heterocycles. The van der Waals surface area contributed by atoms with Gasteiger partial charge in [-0.1, -0.05) is 367 Å². The first-order valence-electron chi connectivity index (χ1n) is 34.5. The molecule has 1 unspecified atom stereocenters. The Kier molecular flexibility index (Phi) is 63.6. The highest BCUT2D eigenvalue weighted by atomic mass is 16.6. The van der Waals surface area contributed by atoms with E-state index in [-0.39, 0.29) is 31.1 Å². The summed E-state index contributed by atoms with van der Waals surface area (Å²) in [6, 6.07) is 0. The number of unbranched alkanes of at least 4 members (excludes halogenated alkanes) is 54. The van der Waals surface area contributed by atoms with Crippen LogP contribution in [0, 0.1) is 0 Å². The lowest BCUT2D eigenvalue weighted by atomic mass is 10.0. The van der Waals surface area contributed by atoms with Crippen molar-refractivity contribution in [3.05, 3.63) is 0 Å². The van der Waals surface area contributed by atoms with Gasteiger partial charge in [0.15, 0.2) is 6.10 Å². The molecule has 0 spiro atoms. The molecule has 75 heavy (non-hydrogen) atoms. The zero-order chi connectivity index (χ0) is 54.3. The van der Waals surface area contributed by atoms with E-state index in [9.17, 15) is 14.4 Å². The van der Waals surface area contributed by atoms with Crippen molar-refractivity contribution < 1.29 is 28.6 Å². The Bertz CT molecular complexity index is 1120. The highest BCUT2D eigenvalue weighted by Crippen LogP contribution is 2.19. The van der Waals surface area contributed by atoms with Crippen molar-refractivity contribution in [1.82, 2.24) is 0 Å². The molecule has 0 bridgehead atoms. The number of hydrogen-bond donors (Lipinski definition) is 0. The molecule has 0 amide bonds. The molecule has 0 aromatic rings.